The number of aliphatic hydroxyl groups is 3. The molecule has 7 N–H and O–H groups in total. The molecular weight excluding hydrogens is 598 g/mol. The largest absolute Gasteiger partial charge is 0.508 e. The van der Waals surface area contributed by atoms with E-state index in [9.17, 15) is 34.8 Å². The van der Waals surface area contributed by atoms with Gasteiger partial charge >= 0.3 is 0 Å². The third-order valence-corrected chi connectivity index (χ3v) is 9.95. The molecule has 0 radical (unpaired) electrons. The summed E-state index contributed by atoms with van der Waals surface area (Å²) < 4.78 is 0. The van der Waals surface area contributed by atoms with Crippen LogP contribution in [0, 0.1) is 11.8 Å². The quantitative estimate of drug-likeness (QED) is 0.173. The number of likely N-dealkylation sites (N-methyl/N-ethyl adjacent to an activating group) is 1. The number of Topliss-reactive ketones (excluding diaryl/α,β-unsaturated/α-hetero) is 2. The molecule has 3 aliphatic carbocycles. The van der Waals surface area contributed by atoms with Crippen LogP contribution in [0.15, 0.2) is 59.5 Å². The second-order valence-corrected chi connectivity index (χ2v) is 13.1. The van der Waals surface area contributed by atoms with Gasteiger partial charge in [0.15, 0.2) is 16.5 Å². The fourth-order valence-corrected chi connectivity index (χ4v) is 7.80. The standard InChI is InChI=1S/C32H33N5O7S/c1-36(2)19-12-18(35-31-34-13-20(45-31)14-8-6-5-7-9-14)25(38)22-16(19)10-15-11-17-24(37(3)4)27(40)23(30(33)43)29(42)32(17,44)28(41)21(15)26(22)39/h5-9,12-13,15,17,24,38-39,42,44H,10-11H2,1-4H3,(H2,33,43)(H,34,35)/t15?,17?,24-,32-/m0/s1. The molecule has 0 spiro atoms. The van der Waals surface area contributed by atoms with E-state index in [1.165, 1.54) is 16.2 Å². The first-order valence-electron chi connectivity index (χ1n) is 14.3. The number of rotatable bonds is 6. The Morgan fingerprint density at radius 2 is 1.80 bits per heavy atom. The number of primary amides is 1. The van der Waals surface area contributed by atoms with Crippen molar-refractivity contribution in [2.75, 3.05) is 38.4 Å². The minimum absolute atomic E-state index is 0.000159. The Labute approximate surface area is 262 Å². The summed E-state index contributed by atoms with van der Waals surface area (Å²) in [5.74, 6) is -6.95. The molecule has 13 heteroatoms. The molecule has 0 saturated heterocycles. The minimum atomic E-state index is -2.70. The molecule has 4 atom stereocenters. The van der Waals surface area contributed by atoms with E-state index < -0.39 is 58.0 Å². The number of hydrogen-bond donors (Lipinski definition) is 6. The fraction of sp³-hybridized carbons (Fsp3) is 0.312. The Balaban J connectivity index is 1.48. The van der Waals surface area contributed by atoms with Crippen molar-refractivity contribution in [2.45, 2.75) is 24.5 Å². The highest BCUT2D eigenvalue weighted by molar-refractivity contribution is 7.19. The maximum absolute atomic E-state index is 14.2. The van der Waals surface area contributed by atoms with Gasteiger partial charge in [-0.3, -0.25) is 19.3 Å². The highest BCUT2D eigenvalue weighted by atomic mass is 32.1. The lowest BCUT2D eigenvalue weighted by Gasteiger charge is -2.50. The van der Waals surface area contributed by atoms with E-state index >= 15 is 0 Å². The van der Waals surface area contributed by atoms with Crippen molar-refractivity contribution in [3.8, 4) is 16.2 Å². The zero-order valence-corrected chi connectivity index (χ0v) is 25.8. The number of nitrogens with two attached hydrogens (primary N) is 1. The zero-order valence-electron chi connectivity index (χ0n) is 25.0. The molecule has 1 saturated carbocycles. The van der Waals surface area contributed by atoms with E-state index in [2.05, 4.69) is 10.3 Å². The van der Waals surface area contributed by atoms with E-state index in [4.69, 9.17) is 5.73 Å². The van der Waals surface area contributed by atoms with Crippen molar-refractivity contribution in [1.82, 2.24) is 9.88 Å². The van der Waals surface area contributed by atoms with Crippen LogP contribution in [-0.2, 0) is 20.8 Å². The number of fused-ring (bicyclic) bond motifs is 3. The van der Waals surface area contributed by atoms with Crippen LogP contribution in [-0.4, -0.2) is 87.6 Å². The molecule has 2 unspecified atom stereocenters. The van der Waals surface area contributed by atoms with Gasteiger partial charge in [-0.15, -0.1) is 0 Å². The average molecular weight is 632 g/mol. The summed E-state index contributed by atoms with van der Waals surface area (Å²) in [6.45, 7) is 0. The van der Waals surface area contributed by atoms with Crippen LogP contribution in [0.3, 0.4) is 0 Å². The highest BCUT2D eigenvalue weighted by Crippen LogP contribution is 2.55. The van der Waals surface area contributed by atoms with Gasteiger partial charge in [0.25, 0.3) is 5.91 Å². The highest BCUT2D eigenvalue weighted by Gasteiger charge is 2.64. The summed E-state index contributed by atoms with van der Waals surface area (Å²) in [6.07, 6.45) is 1.91. The van der Waals surface area contributed by atoms with Crippen molar-refractivity contribution >= 4 is 51.1 Å². The molecule has 1 aromatic heterocycles. The smallest absolute Gasteiger partial charge is 0.255 e. The van der Waals surface area contributed by atoms with Crippen LogP contribution in [0.1, 0.15) is 17.5 Å². The van der Waals surface area contributed by atoms with Crippen LogP contribution < -0.4 is 16.0 Å². The molecule has 12 nitrogen and oxygen atoms in total. The molecule has 3 aromatic rings. The minimum Gasteiger partial charge on any atom is -0.508 e. The van der Waals surface area contributed by atoms with Gasteiger partial charge in [-0.05, 0) is 50.0 Å². The predicted molar refractivity (Wildman–Crippen MR) is 169 cm³/mol. The first-order valence-corrected chi connectivity index (χ1v) is 15.1. The number of thiazole rings is 1. The zero-order chi connectivity index (χ0) is 32.5. The number of carbonyl (C=O) groups excluding carboxylic acids is 3. The van der Waals surface area contributed by atoms with Crippen LogP contribution in [0.25, 0.3) is 16.2 Å². The number of ketones is 2. The van der Waals surface area contributed by atoms with Crippen molar-refractivity contribution in [1.29, 1.82) is 0 Å². The lowest BCUT2D eigenvalue weighted by atomic mass is 9.57. The molecule has 6 rings (SSSR count). The summed E-state index contributed by atoms with van der Waals surface area (Å²) in [4.78, 5) is 48.3. The molecule has 0 bridgehead atoms. The number of benzene rings is 2. The lowest BCUT2D eigenvalue weighted by Crippen LogP contribution is -2.65. The lowest BCUT2D eigenvalue weighted by molar-refractivity contribution is -0.153. The predicted octanol–water partition coefficient (Wildman–Crippen LogP) is 2.90. The van der Waals surface area contributed by atoms with Gasteiger partial charge in [0.05, 0.1) is 22.2 Å². The summed E-state index contributed by atoms with van der Waals surface area (Å²) in [5.41, 5.74) is 4.09. The van der Waals surface area contributed by atoms with Crippen molar-refractivity contribution < 1.29 is 34.8 Å². The summed E-state index contributed by atoms with van der Waals surface area (Å²) in [5, 5.41) is 49.8. The number of carbonyl (C=O) groups is 3. The summed E-state index contributed by atoms with van der Waals surface area (Å²) in [7, 11) is 6.75. The Kier molecular flexibility index (Phi) is 7.22. The Hall–Kier alpha value is -4.72. The number of phenols is 1. The number of amides is 1. The maximum atomic E-state index is 14.2. The Bertz CT molecular complexity index is 1830. The SMILES string of the molecule is CN(C)c1cc(Nc2ncc(-c3ccccc3)s2)c(O)c2c1CC1CC3[C@H](N(C)C)C(=O)C(C(N)=O)=C(O)[C@@]3(O)C(=O)C1=C2O. The number of hydrogen-bond acceptors (Lipinski definition) is 12. The third-order valence-electron chi connectivity index (χ3n) is 8.98. The third kappa shape index (κ3) is 4.49. The van der Waals surface area contributed by atoms with Crippen molar-refractivity contribution in [2.24, 2.45) is 17.6 Å². The van der Waals surface area contributed by atoms with Crippen LogP contribution in [0.5, 0.6) is 5.75 Å². The van der Waals surface area contributed by atoms with Gasteiger partial charge in [-0.25, -0.2) is 4.98 Å². The van der Waals surface area contributed by atoms with Gasteiger partial charge < -0.3 is 36.4 Å². The number of phenolic OH excluding ortho intramolecular Hbond substituents is 1. The Morgan fingerprint density at radius 1 is 1.11 bits per heavy atom. The second kappa shape index (κ2) is 10.7. The molecular formula is C32H33N5O7S. The van der Waals surface area contributed by atoms with Crippen LogP contribution >= 0.6 is 11.3 Å². The number of aromatic nitrogens is 1. The summed E-state index contributed by atoms with van der Waals surface area (Å²) in [6, 6.07) is 10.3. The first kappa shape index (κ1) is 30.3. The fourth-order valence-electron chi connectivity index (χ4n) is 6.97. The topological polar surface area (TPSA) is 190 Å². The summed E-state index contributed by atoms with van der Waals surface area (Å²) >= 11 is 1.37. The van der Waals surface area contributed by atoms with Crippen LogP contribution in [0.2, 0.25) is 0 Å². The van der Waals surface area contributed by atoms with E-state index in [-0.39, 0.29) is 35.4 Å². The van der Waals surface area contributed by atoms with Gasteiger partial charge in [0.2, 0.25) is 5.78 Å². The van der Waals surface area contributed by atoms with E-state index in [0.29, 0.717) is 16.4 Å². The molecule has 234 valence electrons. The molecule has 45 heavy (non-hydrogen) atoms. The normalized spacial score (nSPS) is 24.4. The number of aliphatic hydroxyl groups excluding tert-OH is 2. The number of aromatic hydroxyl groups is 1. The monoisotopic (exact) mass is 631 g/mol. The first-order chi connectivity index (χ1) is 21.3. The number of anilines is 3. The van der Waals surface area contributed by atoms with Gasteiger partial charge in [0.1, 0.15) is 22.8 Å². The van der Waals surface area contributed by atoms with Gasteiger partial charge in [-0.2, -0.15) is 0 Å². The molecule has 1 heterocycles. The van der Waals surface area contributed by atoms with E-state index in [1.54, 1.807) is 26.4 Å². The molecule has 1 fully saturated rings. The molecule has 1 amide bonds. The van der Waals surface area contributed by atoms with Crippen molar-refractivity contribution in [3.05, 3.63) is 70.6 Å². The van der Waals surface area contributed by atoms with E-state index in [1.807, 2.05) is 49.3 Å². The molecule has 2 aromatic carbocycles. The van der Waals surface area contributed by atoms with Gasteiger partial charge in [0, 0.05) is 37.5 Å². The average Bonchev–Trinajstić information content (AvgIpc) is 3.45. The molecule has 0 aliphatic heterocycles. The second-order valence-electron chi connectivity index (χ2n) is 12.0. The van der Waals surface area contributed by atoms with Crippen LogP contribution in [0.4, 0.5) is 16.5 Å². The van der Waals surface area contributed by atoms with Crippen molar-refractivity contribution in [3.63, 3.8) is 0 Å². The molecule has 3 aliphatic rings. The Morgan fingerprint density at radius 3 is 2.42 bits per heavy atom. The number of nitrogens with one attached hydrogen (secondary N) is 1. The maximum Gasteiger partial charge on any atom is 0.255 e. The van der Waals surface area contributed by atoms with Gasteiger partial charge in [-0.1, -0.05) is 41.7 Å². The number of nitrogens with zero attached hydrogens (tertiary/aromatic N) is 3. The van der Waals surface area contributed by atoms with E-state index in [0.717, 1.165) is 10.4 Å².